The highest BCUT2D eigenvalue weighted by molar-refractivity contribution is 5.44. The van der Waals surface area contributed by atoms with E-state index in [0.29, 0.717) is 0 Å². The van der Waals surface area contributed by atoms with Crippen LogP contribution in [0, 0.1) is 65.1 Å². The van der Waals surface area contributed by atoms with Crippen molar-refractivity contribution in [2.75, 3.05) is 0 Å². The van der Waals surface area contributed by atoms with Gasteiger partial charge in [-0.25, -0.2) is 0 Å². The van der Waals surface area contributed by atoms with Crippen molar-refractivity contribution in [3.05, 3.63) is 46.7 Å². The normalized spacial score (nSPS) is 45.1. The molecule has 10 aliphatic rings. The summed E-state index contributed by atoms with van der Waals surface area (Å²) in [6.45, 7) is 0. The van der Waals surface area contributed by atoms with Crippen molar-refractivity contribution in [2.24, 2.45) is 65.1 Å². The van der Waals surface area contributed by atoms with Crippen molar-refractivity contribution >= 4 is 0 Å². The van der Waals surface area contributed by atoms with E-state index in [1.165, 1.54) is 116 Å². The average Bonchev–Trinajstić information content (AvgIpc) is 3.96. The number of rotatable bonds is 5. The fourth-order valence-electron chi connectivity index (χ4n) is 15.7. The van der Waals surface area contributed by atoms with Crippen LogP contribution in [-0.4, -0.2) is 17.0 Å². The molecule has 1 nitrogen and oxygen atoms in total. The lowest BCUT2D eigenvalue weighted by Crippen LogP contribution is -2.39. The Kier molecular flexibility index (Phi) is 8.78. The standard InChI is InChI=1S/C47H69N/c1-3-12-31(13-4-1)33-16-9-17-34(25-24-33)45-37-18-7-8-19-38(37)46-39(20-10-22-42(45)46)40-28-29-44-47(40)41-21-11-23-43(41)48(44)36-27-26-35(30-36)32-14-5-2-6-15-32/h8,11,19,21,31-41,43,45H,1-7,9-10,12-18,20,22-30H2/t33?,34?,35?,36?,37?,38?,39?,40-,41?,43?,45?/m0/s1. The Bertz CT molecular complexity index is 1300. The minimum absolute atomic E-state index is 0.751. The van der Waals surface area contributed by atoms with Crippen LogP contribution in [0.25, 0.3) is 0 Å². The fourth-order valence-corrected chi connectivity index (χ4v) is 15.7. The van der Waals surface area contributed by atoms with Gasteiger partial charge in [0.1, 0.15) is 0 Å². The maximum absolute atomic E-state index is 3.15. The predicted molar refractivity (Wildman–Crippen MR) is 200 cm³/mol. The SMILES string of the molecule is C1=CC2C3=C(CCCC3[C@@H]3CCC4=C3C3C=CCC3N4C3CCC(C4CCCCC4)C3)C(C3CCCC(C4CCCCC4)CC3)C2CC1. The molecule has 0 saturated heterocycles. The summed E-state index contributed by atoms with van der Waals surface area (Å²) in [4.78, 5) is 3.15. The smallest absolute Gasteiger partial charge is 0.0425 e. The summed E-state index contributed by atoms with van der Waals surface area (Å²) in [5.41, 5.74) is 8.04. The van der Waals surface area contributed by atoms with Gasteiger partial charge in [-0.05, 0) is 149 Å². The number of nitrogens with zero attached hydrogens (tertiary/aromatic N) is 1. The number of allylic oxidation sites excluding steroid dienone is 5. The average molecular weight is 648 g/mol. The van der Waals surface area contributed by atoms with Gasteiger partial charge < -0.3 is 4.90 Å². The molecule has 10 unspecified atom stereocenters. The van der Waals surface area contributed by atoms with E-state index in [0.717, 1.165) is 77.2 Å². The quantitative estimate of drug-likeness (QED) is 0.212. The van der Waals surface area contributed by atoms with Crippen LogP contribution >= 0.6 is 0 Å². The number of hydrogen-bond acceptors (Lipinski definition) is 1. The largest absolute Gasteiger partial charge is 0.368 e. The fraction of sp³-hybridized carbons (Fsp3) is 0.830. The first kappa shape index (κ1) is 31.5. The summed E-state index contributed by atoms with van der Waals surface area (Å²) in [5.74, 6) is 10.3. The lowest BCUT2D eigenvalue weighted by Gasteiger charge is -2.38. The Morgan fingerprint density at radius 3 is 2.04 bits per heavy atom. The monoisotopic (exact) mass is 648 g/mol. The van der Waals surface area contributed by atoms with E-state index < -0.39 is 0 Å². The summed E-state index contributed by atoms with van der Waals surface area (Å²) in [6, 6.07) is 1.64. The predicted octanol–water partition coefficient (Wildman–Crippen LogP) is 12.7. The molecule has 4 saturated carbocycles. The van der Waals surface area contributed by atoms with Crippen molar-refractivity contribution < 1.29 is 0 Å². The van der Waals surface area contributed by atoms with Crippen molar-refractivity contribution in [3.8, 4) is 0 Å². The van der Waals surface area contributed by atoms with Crippen molar-refractivity contribution in [1.82, 2.24) is 4.90 Å². The second-order valence-electron chi connectivity index (χ2n) is 19.5. The molecule has 0 radical (unpaired) electrons. The van der Waals surface area contributed by atoms with Crippen LogP contribution in [-0.2, 0) is 0 Å². The molecule has 11 atom stereocenters. The molecule has 0 bridgehead atoms. The van der Waals surface area contributed by atoms with Gasteiger partial charge in [0.2, 0.25) is 0 Å². The van der Waals surface area contributed by atoms with Gasteiger partial charge in [0.15, 0.2) is 0 Å². The Morgan fingerprint density at radius 2 is 1.19 bits per heavy atom. The molecule has 9 aliphatic carbocycles. The minimum atomic E-state index is 0.751. The molecule has 0 aromatic rings. The Balaban J connectivity index is 0.922. The zero-order valence-electron chi connectivity index (χ0n) is 30.6. The molecule has 0 aromatic heterocycles. The second-order valence-corrected chi connectivity index (χ2v) is 19.5. The minimum Gasteiger partial charge on any atom is -0.368 e. The van der Waals surface area contributed by atoms with E-state index in [2.05, 4.69) is 40.4 Å². The highest BCUT2D eigenvalue weighted by Crippen LogP contribution is 2.63. The van der Waals surface area contributed by atoms with Crippen LogP contribution in [0.1, 0.15) is 167 Å². The molecule has 262 valence electrons. The van der Waals surface area contributed by atoms with E-state index in [4.69, 9.17) is 0 Å². The topological polar surface area (TPSA) is 3.24 Å². The van der Waals surface area contributed by atoms with E-state index in [9.17, 15) is 0 Å². The molecule has 1 heteroatoms. The summed E-state index contributed by atoms with van der Waals surface area (Å²) >= 11 is 0. The van der Waals surface area contributed by atoms with E-state index in [-0.39, 0.29) is 0 Å². The molecule has 0 spiro atoms. The van der Waals surface area contributed by atoms with Gasteiger partial charge in [0, 0.05) is 29.6 Å². The zero-order chi connectivity index (χ0) is 31.6. The Labute approximate surface area is 294 Å². The first-order valence-electron chi connectivity index (χ1n) is 22.4. The van der Waals surface area contributed by atoms with Gasteiger partial charge in [0.05, 0.1) is 0 Å². The molecule has 1 heterocycles. The summed E-state index contributed by atoms with van der Waals surface area (Å²) in [6.07, 6.45) is 49.8. The first-order valence-corrected chi connectivity index (χ1v) is 22.4. The molecular formula is C47H69N. The van der Waals surface area contributed by atoms with Gasteiger partial charge in [-0.1, -0.05) is 113 Å². The second kappa shape index (κ2) is 13.4. The molecule has 4 fully saturated rings. The maximum Gasteiger partial charge on any atom is 0.0425 e. The highest BCUT2D eigenvalue weighted by Gasteiger charge is 2.55. The summed E-state index contributed by atoms with van der Waals surface area (Å²) in [7, 11) is 0. The third-order valence-electron chi connectivity index (χ3n) is 17.5. The van der Waals surface area contributed by atoms with Crippen LogP contribution in [0.15, 0.2) is 46.7 Å². The van der Waals surface area contributed by atoms with Crippen LogP contribution in [0.4, 0.5) is 0 Å². The van der Waals surface area contributed by atoms with E-state index in [1.807, 2.05) is 11.3 Å². The maximum atomic E-state index is 3.15. The molecule has 48 heavy (non-hydrogen) atoms. The third kappa shape index (κ3) is 5.33. The van der Waals surface area contributed by atoms with Crippen LogP contribution in [0.3, 0.4) is 0 Å². The summed E-state index contributed by atoms with van der Waals surface area (Å²) < 4.78 is 0. The Hall–Kier alpha value is -1.24. The van der Waals surface area contributed by atoms with Crippen molar-refractivity contribution in [2.45, 2.75) is 179 Å². The molecule has 1 aliphatic heterocycles. The Morgan fingerprint density at radius 1 is 0.500 bits per heavy atom. The van der Waals surface area contributed by atoms with Crippen molar-refractivity contribution in [1.29, 1.82) is 0 Å². The number of hydrogen-bond donors (Lipinski definition) is 0. The van der Waals surface area contributed by atoms with Crippen LogP contribution in [0.2, 0.25) is 0 Å². The van der Waals surface area contributed by atoms with Gasteiger partial charge in [0.25, 0.3) is 0 Å². The number of likely N-dealkylation sites (tertiary alicyclic amines) is 1. The molecule has 0 amide bonds. The van der Waals surface area contributed by atoms with Crippen LogP contribution < -0.4 is 0 Å². The zero-order valence-corrected chi connectivity index (χ0v) is 30.6. The van der Waals surface area contributed by atoms with Crippen molar-refractivity contribution in [3.63, 3.8) is 0 Å². The molecular weight excluding hydrogens is 579 g/mol. The summed E-state index contributed by atoms with van der Waals surface area (Å²) in [5, 5.41) is 0. The van der Waals surface area contributed by atoms with E-state index in [1.54, 1.807) is 51.4 Å². The van der Waals surface area contributed by atoms with Gasteiger partial charge in [-0.2, -0.15) is 0 Å². The third-order valence-corrected chi connectivity index (χ3v) is 17.5. The molecule has 0 N–H and O–H groups in total. The van der Waals surface area contributed by atoms with Gasteiger partial charge >= 0.3 is 0 Å². The van der Waals surface area contributed by atoms with Gasteiger partial charge in [-0.3, -0.25) is 0 Å². The first-order chi connectivity index (χ1) is 23.8. The van der Waals surface area contributed by atoms with E-state index >= 15 is 0 Å². The van der Waals surface area contributed by atoms with Gasteiger partial charge in [-0.15, -0.1) is 0 Å². The highest BCUT2D eigenvalue weighted by atomic mass is 15.2. The lowest BCUT2D eigenvalue weighted by molar-refractivity contribution is 0.169. The molecule has 10 rings (SSSR count). The number of fused-ring (bicyclic) bond motifs is 4. The van der Waals surface area contributed by atoms with Crippen LogP contribution in [0.5, 0.6) is 0 Å². The molecule has 0 aromatic carbocycles. The lowest BCUT2D eigenvalue weighted by atomic mass is 9.68.